The van der Waals surface area contributed by atoms with Crippen LogP contribution < -0.4 is 10.2 Å². The van der Waals surface area contributed by atoms with Gasteiger partial charge in [-0.1, -0.05) is 45.0 Å². The first-order valence-corrected chi connectivity index (χ1v) is 10.3. The van der Waals surface area contributed by atoms with Crippen molar-refractivity contribution in [3.05, 3.63) is 56.7 Å². The summed E-state index contributed by atoms with van der Waals surface area (Å²) in [6, 6.07) is 12.0. The average molecular weight is 492 g/mol. The summed E-state index contributed by atoms with van der Waals surface area (Å²) in [6.45, 7) is 6.58. The van der Waals surface area contributed by atoms with Crippen molar-refractivity contribution in [2.75, 3.05) is 7.11 Å². The molecule has 0 heterocycles. The van der Waals surface area contributed by atoms with E-state index in [1.165, 1.54) is 18.2 Å². The number of amides is 1. The number of aromatic hydroxyl groups is 1. The first-order valence-electron chi connectivity index (χ1n) is 9.20. The van der Waals surface area contributed by atoms with Crippen molar-refractivity contribution in [1.82, 2.24) is 5.43 Å². The second kappa shape index (κ2) is 8.11. The van der Waals surface area contributed by atoms with Crippen molar-refractivity contribution < 1.29 is 14.6 Å². The minimum absolute atomic E-state index is 0.0351. The molecule has 148 valence electrons. The van der Waals surface area contributed by atoms with E-state index < -0.39 is 0 Å². The highest BCUT2D eigenvalue weighted by Crippen LogP contribution is 2.47. The fourth-order valence-electron chi connectivity index (χ4n) is 3.16. The van der Waals surface area contributed by atoms with E-state index in [1.54, 1.807) is 18.3 Å². The maximum Gasteiger partial charge on any atom is 0.243 e. The molecule has 0 radical (unpaired) electrons. The summed E-state index contributed by atoms with van der Waals surface area (Å²) in [5.74, 6) is 0.635. The molecule has 0 spiro atoms. The van der Waals surface area contributed by atoms with Crippen LogP contribution in [0.25, 0.3) is 0 Å². The van der Waals surface area contributed by atoms with Crippen molar-refractivity contribution in [2.24, 2.45) is 11.0 Å². The Morgan fingerprint density at radius 2 is 1.96 bits per heavy atom. The number of hydrogen-bond donors (Lipinski definition) is 2. The molecule has 6 heteroatoms. The van der Waals surface area contributed by atoms with E-state index in [1.807, 2.05) is 22.6 Å². The number of rotatable bonds is 5. The third-order valence-electron chi connectivity index (χ3n) is 4.99. The van der Waals surface area contributed by atoms with Gasteiger partial charge in [0.15, 0.2) is 11.5 Å². The van der Waals surface area contributed by atoms with Crippen molar-refractivity contribution in [3.63, 3.8) is 0 Å². The van der Waals surface area contributed by atoms with Crippen LogP contribution >= 0.6 is 22.6 Å². The number of phenolic OH excluding ortho intramolecular Hbond substituents is 1. The van der Waals surface area contributed by atoms with Gasteiger partial charge in [0.1, 0.15) is 0 Å². The minimum Gasteiger partial charge on any atom is -0.504 e. The number of methoxy groups -OCH3 is 1. The molecular formula is C22H25IN2O3. The first-order chi connectivity index (χ1) is 13.2. The molecule has 5 nitrogen and oxygen atoms in total. The number of nitrogens with one attached hydrogen (secondary N) is 1. The minimum atomic E-state index is -0.0680. The predicted octanol–water partition coefficient (Wildman–Crippen LogP) is 4.56. The Morgan fingerprint density at radius 3 is 2.57 bits per heavy atom. The van der Waals surface area contributed by atoms with Gasteiger partial charge in [-0.05, 0) is 69.2 Å². The van der Waals surface area contributed by atoms with E-state index in [2.05, 4.69) is 55.6 Å². The maximum atomic E-state index is 12.4. The lowest BCUT2D eigenvalue weighted by molar-refractivity contribution is -0.122. The van der Waals surface area contributed by atoms with Crippen LogP contribution in [0.15, 0.2) is 41.5 Å². The number of ether oxygens (including phenoxy) is 1. The normalized spacial score (nSPS) is 18.9. The second-order valence-electron chi connectivity index (χ2n) is 8.11. The molecule has 0 aliphatic heterocycles. The molecule has 2 aromatic carbocycles. The standard InChI is InChI=1S/C22H25IN2O3/c1-22(2,3)15-7-5-14(6-8-15)16-11-17(16)21(27)25-24-12-13-9-18(23)20(26)19(10-13)28-4/h5-10,12,16-17,26H,11H2,1-4H3,(H,25,27)/b24-12-/t16-,17+/m0/s1. The highest BCUT2D eigenvalue weighted by atomic mass is 127. The lowest BCUT2D eigenvalue weighted by Gasteiger charge is -2.19. The van der Waals surface area contributed by atoms with Crippen molar-refractivity contribution in [2.45, 2.75) is 38.5 Å². The van der Waals surface area contributed by atoms with Crippen LogP contribution in [0.4, 0.5) is 0 Å². The number of benzene rings is 2. The molecule has 28 heavy (non-hydrogen) atoms. The van der Waals surface area contributed by atoms with E-state index in [9.17, 15) is 9.90 Å². The van der Waals surface area contributed by atoms with Crippen molar-refractivity contribution >= 4 is 34.7 Å². The van der Waals surface area contributed by atoms with Gasteiger partial charge in [-0.15, -0.1) is 0 Å². The molecule has 1 aliphatic carbocycles. The maximum absolute atomic E-state index is 12.4. The summed E-state index contributed by atoms with van der Waals surface area (Å²) in [4.78, 5) is 12.4. The smallest absolute Gasteiger partial charge is 0.243 e. The van der Waals surface area contributed by atoms with Crippen LogP contribution in [0.2, 0.25) is 0 Å². The predicted molar refractivity (Wildman–Crippen MR) is 119 cm³/mol. The molecule has 1 amide bonds. The molecule has 1 saturated carbocycles. The number of phenols is 1. The Labute approximate surface area is 179 Å². The number of hydrazone groups is 1. The highest BCUT2D eigenvalue weighted by molar-refractivity contribution is 14.1. The van der Waals surface area contributed by atoms with E-state index >= 15 is 0 Å². The zero-order valence-corrected chi connectivity index (χ0v) is 18.6. The molecule has 1 fully saturated rings. The average Bonchev–Trinajstić information content (AvgIpc) is 3.44. The summed E-state index contributed by atoms with van der Waals surface area (Å²) < 4.78 is 5.79. The molecule has 1 aliphatic rings. The van der Waals surface area contributed by atoms with Gasteiger partial charge in [-0.2, -0.15) is 5.10 Å². The van der Waals surface area contributed by atoms with Gasteiger partial charge < -0.3 is 9.84 Å². The van der Waals surface area contributed by atoms with E-state index in [0.717, 1.165) is 12.0 Å². The summed E-state index contributed by atoms with van der Waals surface area (Å²) in [5.41, 5.74) is 5.99. The third-order valence-corrected chi connectivity index (χ3v) is 5.81. The van der Waals surface area contributed by atoms with Gasteiger partial charge in [0, 0.05) is 5.92 Å². The summed E-state index contributed by atoms with van der Waals surface area (Å²) in [7, 11) is 1.50. The van der Waals surface area contributed by atoms with E-state index in [4.69, 9.17) is 4.74 Å². The van der Waals surface area contributed by atoms with Crippen LogP contribution in [0, 0.1) is 9.49 Å². The number of halogens is 1. The Morgan fingerprint density at radius 1 is 1.29 bits per heavy atom. The number of hydrogen-bond acceptors (Lipinski definition) is 4. The van der Waals surface area contributed by atoms with Crippen LogP contribution in [-0.4, -0.2) is 24.3 Å². The van der Waals surface area contributed by atoms with Crippen LogP contribution in [0.1, 0.15) is 49.8 Å². The van der Waals surface area contributed by atoms with Gasteiger partial charge in [-0.3, -0.25) is 4.79 Å². The molecule has 0 saturated heterocycles. The van der Waals surface area contributed by atoms with Crippen LogP contribution in [0.5, 0.6) is 11.5 Å². The van der Waals surface area contributed by atoms with Gasteiger partial charge in [0.25, 0.3) is 0 Å². The van der Waals surface area contributed by atoms with Gasteiger partial charge in [-0.25, -0.2) is 5.43 Å². The van der Waals surface area contributed by atoms with Gasteiger partial charge >= 0.3 is 0 Å². The monoisotopic (exact) mass is 492 g/mol. The Balaban J connectivity index is 1.58. The number of nitrogens with zero attached hydrogens (tertiary/aromatic N) is 1. The summed E-state index contributed by atoms with van der Waals surface area (Å²) in [6.07, 6.45) is 2.40. The first kappa shape index (κ1) is 20.6. The van der Waals surface area contributed by atoms with Gasteiger partial charge in [0.2, 0.25) is 5.91 Å². The molecule has 0 bridgehead atoms. The molecule has 2 N–H and O–H groups in total. The molecule has 3 rings (SSSR count). The molecule has 2 aromatic rings. The summed E-state index contributed by atoms with van der Waals surface area (Å²) in [5, 5.41) is 13.9. The van der Waals surface area contributed by atoms with E-state index in [0.29, 0.717) is 9.32 Å². The Kier molecular flexibility index (Phi) is 5.98. The highest BCUT2D eigenvalue weighted by Gasteiger charge is 2.44. The second-order valence-corrected chi connectivity index (χ2v) is 9.27. The Hall–Kier alpha value is -2.09. The quantitative estimate of drug-likeness (QED) is 0.366. The number of carbonyl (C=O) groups excluding carboxylic acids is 1. The van der Waals surface area contributed by atoms with Crippen LogP contribution in [-0.2, 0) is 10.2 Å². The third kappa shape index (κ3) is 4.66. The van der Waals surface area contributed by atoms with Crippen molar-refractivity contribution in [3.8, 4) is 11.5 Å². The lowest BCUT2D eigenvalue weighted by Crippen LogP contribution is -2.20. The van der Waals surface area contributed by atoms with Crippen LogP contribution in [0.3, 0.4) is 0 Å². The lowest BCUT2D eigenvalue weighted by atomic mass is 9.86. The zero-order valence-electron chi connectivity index (χ0n) is 16.5. The zero-order chi connectivity index (χ0) is 20.5. The molecule has 0 aromatic heterocycles. The van der Waals surface area contributed by atoms with Crippen molar-refractivity contribution in [1.29, 1.82) is 0 Å². The fourth-order valence-corrected chi connectivity index (χ4v) is 3.79. The topological polar surface area (TPSA) is 70.9 Å². The molecular weight excluding hydrogens is 467 g/mol. The molecule has 0 unspecified atom stereocenters. The molecule has 2 atom stereocenters. The Bertz CT molecular complexity index is 901. The van der Waals surface area contributed by atoms with E-state index in [-0.39, 0.29) is 28.9 Å². The number of carbonyl (C=O) groups is 1. The largest absolute Gasteiger partial charge is 0.504 e. The van der Waals surface area contributed by atoms with Gasteiger partial charge in [0.05, 0.1) is 16.9 Å². The summed E-state index contributed by atoms with van der Waals surface area (Å²) >= 11 is 2.02. The fraction of sp³-hybridized carbons (Fsp3) is 0.364. The SMILES string of the molecule is COc1cc(/C=N\NC(=O)[C@@H]2C[C@H]2c2ccc(C(C)(C)C)cc2)cc(I)c1O.